The highest BCUT2D eigenvalue weighted by Crippen LogP contribution is 2.40. The third kappa shape index (κ3) is 6.23. The molecule has 172 valence electrons. The molecule has 10 heteroatoms. The Morgan fingerprint density at radius 3 is 2.12 bits per heavy atom. The van der Waals surface area contributed by atoms with Crippen molar-refractivity contribution in [3.05, 3.63) is 52.0 Å². The lowest BCUT2D eigenvalue weighted by molar-refractivity contribution is -0.129. The number of benzene rings is 1. The van der Waals surface area contributed by atoms with Gasteiger partial charge in [-0.25, -0.2) is 9.37 Å². The molecule has 2 amide bonds. The number of ether oxygens (including phenoxy) is 2. The van der Waals surface area contributed by atoms with Gasteiger partial charge in [0.2, 0.25) is 0 Å². The minimum absolute atomic E-state index is 0.0181. The summed E-state index contributed by atoms with van der Waals surface area (Å²) in [6.45, 7) is 5.17. The van der Waals surface area contributed by atoms with E-state index in [0.29, 0.717) is 23.7 Å². The fourth-order valence-electron chi connectivity index (χ4n) is 4.07. The normalized spacial score (nSPS) is 21.9. The average molecular weight is 484 g/mol. The Balaban J connectivity index is 1.42. The quantitative estimate of drug-likeness (QED) is 0.556. The molecule has 0 atom stereocenters. The zero-order valence-corrected chi connectivity index (χ0v) is 19.4. The van der Waals surface area contributed by atoms with Crippen molar-refractivity contribution in [3.63, 3.8) is 0 Å². The number of nitrogens with zero attached hydrogens (tertiary/aromatic N) is 1. The molecule has 2 N–H and O–H groups in total. The number of amides is 2. The van der Waals surface area contributed by atoms with Crippen LogP contribution in [0, 0.1) is 12.7 Å². The number of halogens is 3. The van der Waals surface area contributed by atoms with Crippen LogP contribution in [0.15, 0.2) is 30.5 Å². The van der Waals surface area contributed by atoms with Gasteiger partial charge in [0.1, 0.15) is 22.5 Å². The first-order chi connectivity index (χ1) is 15.0. The number of carbonyl (C=O) groups is 2. The molecular formula is C22H24Cl2FN3O4. The van der Waals surface area contributed by atoms with Crippen molar-refractivity contribution in [3.8, 4) is 11.5 Å². The monoisotopic (exact) mass is 483 g/mol. The maximum Gasteiger partial charge on any atom is 0.258 e. The Bertz CT molecular complexity index is 949. The Labute approximate surface area is 195 Å². The van der Waals surface area contributed by atoms with Gasteiger partial charge in [-0.1, -0.05) is 23.2 Å². The summed E-state index contributed by atoms with van der Waals surface area (Å²) < 4.78 is 24.2. The Hall–Kier alpha value is -2.58. The van der Waals surface area contributed by atoms with Gasteiger partial charge < -0.3 is 20.1 Å². The Morgan fingerprint density at radius 1 is 1.03 bits per heavy atom. The highest BCUT2D eigenvalue weighted by molar-refractivity contribution is 6.30. The lowest BCUT2D eigenvalue weighted by Gasteiger charge is -2.53. The molecule has 1 fully saturated rings. The molecule has 7 nitrogen and oxygen atoms in total. The summed E-state index contributed by atoms with van der Waals surface area (Å²) in [5.74, 6) is -0.567. The molecule has 0 aliphatic heterocycles. The first kappa shape index (κ1) is 24.1. The fourth-order valence-corrected chi connectivity index (χ4v) is 4.29. The van der Waals surface area contributed by atoms with Gasteiger partial charge in [-0.15, -0.1) is 0 Å². The predicted octanol–water partition coefficient (Wildman–Crippen LogP) is 3.84. The summed E-state index contributed by atoms with van der Waals surface area (Å²) in [5, 5.41) is 6.21. The van der Waals surface area contributed by atoms with E-state index in [4.69, 9.17) is 32.7 Å². The summed E-state index contributed by atoms with van der Waals surface area (Å²) in [6, 6.07) is 5.68. The number of carbonyl (C=O) groups excluding carboxylic acids is 2. The molecule has 0 saturated heterocycles. The van der Waals surface area contributed by atoms with Crippen LogP contribution in [0.5, 0.6) is 11.5 Å². The largest absolute Gasteiger partial charge is 0.484 e. The highest BCUT2D eigenvalue weighted by Gasteiger charge is 2.50. The van der Waals surface area contributed by atoms with E-state index in [9.17, 15) is 14.0 Å². The molecule has 1 heterocycles. The Morgan fingerprint density at radius 2 is 1.59 bits per heavy atom. The van der Waals surface area contributed by atoms with Crippen LogP contribution in [0.4, 0.5) is 4.39 Å². The fraction of sp³-hybridized carbons (Fsp3) is 0.409. The van der Waals surface area contributed by atoms with Crippen molar-refractivity contribution in [1.82, 2.24) is 15.6 Å². The van der Waals surface area contributed by atoms with Gasteiger partial charge in [0, 0.05) is 17.1 Å². The minimum Gasteiger partial charge on any atom is -0.484 e. The summed E-state index contributed by atoms with van der Waals surface area (Å²) in [6.07, 6.45) is 2.53. The maximum atomic E-state index is 13.4. The van der Waals surface area contributed by atoms with E-state index in [1.165, 1.54) is 18.3 Å². The summed E-state index contributed by atoms with van der Waals surface area (Å²) in [7, 11) is 0. The molecule has 0 unspecified atom stereocenters. The number of aryl methyl sites for hydroxylation is 1. The third-order valence-electron chi connectivity index (χ3n) is 5.06. The first-order valence-corrected chi connectivity index (χ1v) is 10.7. The minimum atomic E-state index is -0.617. The van der Waals surface area contributed by atoms with Crippen molar-refractivity contribution in [2.24, 2.45) is 0 Å². The van der Waals surface area contributed by atoms with Gasteiger partial charge in [0.15, 0.2) is 13.2 Å². The predicted molar refractivity (Wildman–Crippen MR) is 119 cm³/mol. The maximum absolute atomic E-state index is 13.4. The van der Waals surface area contributed by atoms with Gasteiger partial charge in [-0.2, -0.15) is 0 Å². The number of rotatable bonds is 8. The standard InChI is InChI=1S/C22H24Cl2FN3O4/c1-13-6-15(8-26-20(13)24)32-10-19(30)28-22(3)11-21(2,12-22)27-18(29)9-31-14-4-5-16(23)17(25)7-14/h4-8H,9-12H2,1-3H3,(H,27,29)(H,28,30). The number of hydrogen-bond acceptors (Lipinski definition) is 5. The van der Waals surface area contributed by atoms with E-state index in [1.807, 2.05) is 13.8 Å². The number of pyridine rings is 1. The van der Waals surface area contributed by atoms with Crippen molar-refractivity contribution in [2.45, 2.75) is 44.7 Å². The zero-order valence-electron chi connectivity index (χ0n) is 17.9. The van der Waals surface area contributed by atoms with Gasteiger partial charge >= 0.3 is 0 Å². The van der Waals surface area contributed by atoms with E-state index in [2.05, 4.69) is 15.6 Å². The summed E-state index contributed by atoms with van der Waals surface area (Å²) in [5.41, 5.74) is -0.213. The van der Waals surface area contributed by atoms with Crippen molar-refractivity contribution < 1.29 is 23.5 Å². The van der Waals surface area contributed by atoms with E-state index in [-0.39, 0.29) is 35.8 Å². The molecule has 0 radical (unpaired) electrons. The zero-order chi connectivity index (χ0) is 23.5. The summed E-state index contributed by atoms with van der Waals surface area (Å²) >= 11 is 11.5. The van der Waals surface area contributed by atoms with Crippen LogP contribution in [0.1, 0.15) is 32.3 Å². The van der Waals surface area contributed by atoms with Gasteiger partial charge in [0.25, 0.3) is 11.8 Å². The molecule has 0 bridgehead atoms. The molecule has 1 aliphatic carbocycles. The summed E-state index contributed by atoms with van der Waals surface area (Å²) in [4.78, 5) is 28.5. The molecular weight excluding hydrogens is 460 g/mol. The van der Waals surface area contributed by atoms with E-state index < -0.39 is 16.9 Å². The lowest BCUT2D eigenvalue weighted by atomic mass is 9.64. The average Bonchev–Trinajstić information content (AvgIpc) is 2.68. The van der Waals surface area contributed by atoms with E-state index >= 15 is 0 Å². The third-order valence-corrected chi connectivity index (χ3v) is 5.77. The molecule has 1 saturated carbocycles. The molecule has 2 aromatic rings. The van der Waals surface area contributed by atoms with Crippen LogP contribution in [0.2, 0.25) is 10.2 Å². The molecule has 1 aliphatic rings. The number of aromatic nitrogens is 1. The second kappa shape index (κ2) is 9.50. The van der Waals surface area contributed by atoms with E-state index in [0.717, 1.165) is 11.6 Å². The van der Waals surface area contributed by atoms with Crippen LogP contribution in [0.3, 0.4) is 0 Å². The lowest BCUT2D eigenvalue weighted by Crippen LogP contribution is -2.69. The van der Waals surface area contributed by atoms with Crippen molar-refractivity contribution in [2.75, 3.05) is 13.2 Å². The highest BCUT2D eigenvalue weighted by atomic mass is 35.5. The number of hydrogen-bond donors (Lipinski definition) is 2. The smallest absolute Gasteiger partial charge is 0.258 e. The van der Waals surface area contributed by atoms with Gasteiger partial charge in [-0.05, 0) is 57.4 Å². The number of nitrogens with one attached hydrogen (secondary N) is 2. The van der Waals surface area contributed by atoms with Crippen LogP contribution in [-0.2, 0) is 9.59 Å². The van der Waals surface area contributed by atoms with Crippen LogP contribution < -0.4 is 20.1 Å². The van der Waals surface area contributed by atoms with Gasteiger partial charge in [-0.3, -0.25) is 9.59 Å². The second-order valence-electron chi connectivity index (χ2n) is 8.50. The van der Waals surface area contributed by atoms with Crippen LogP contribution >= 0.6 is 23.2 Å². The molecule has 32 heavy (non-hydrogen) atoms. The van der Waals surface area contributed by atoms with E-state index in [1.54, 1.807) is 13.0 Å². The topological polar surface area (TPSA) is 89.6 Å². The van der Waals surface area contributed by atoms with Gasteiger partial charge in [0.05, 0.1) is 11.2 Å². The Kier molecular flexibility index (Phi) is 7.15. The van der Waals surface area contributed by atoms with Crippen molar-refractivity contribution >= 4 is 35.0 Å². The van der Waals surface area contributed by atoms with Crippen LogP contribution in [0.25, 0.3) is 0 Å². The first-order valence-electron chi connectivity index (χ1n) is 9.92. The van der Waals surface area contributed by atoms with Crippen molar-refractivity contribution in [1.29, 1.82) is 0 Å². The van der Waals surface area contributed by atoms with Crippen LogP contribution in [-0.4, -0.2) is 41.1 Å². The molecule has 3 rings (SSSR count). The SMILES string of the molecule is Cc1cc(OCC(=O)NC2(C)CC(C)(NC(=O)COc3ccc(Cl)c(F)c3)C2)cnc1Cl. The molecule has 1 aromatic carbocycles. The second-order valence-corrected chi connectivity index (χ2v) is 9.27. The molecule has 0 spiro atoms. The molecule has 1 aromatic heterocycles.